The van der Waals surface area contributed by atoms with Crippen molar-refractivity contribution in [3.05, 3.63) is 35.9 Å². The van der Waals surface area contributed by atoms with Crippen LogP contribution >= 0.6 is 0 Å². The normalized spacial score (nSPS) is 18.6. The number of hydrogen-bond donors (Lipinski definition) is 1. The Morgan fingerprint density at radius 1 is 1.20 bits per heavy atom. The summed E-state index contributed by atoms with van der Waals surface area (Å²) in [5, 5.41) is 3.35. The molecule has 3 heteroatoms. The Balaban J connectivity index is 2.15. The van der Waals surface area contributed by atoms with E-state index >= 15 is 0 Å². The summed E-state index contributed by atoms with van der Waals surface area (Å²) in [5.74, 6) is -0.102. The zero-order chi connectivity index (χ0) is 14.6. The molecule has 0 amide bonds. The van der Waals surface area contributed by atoms with Crippen LogP contribution in [0.15, 0.2) is 30.3 Å². The summed E-state index contributed by atoms with van der Waals surface area (Å²) >= 11 is 0. The highest BCUT2D eigenvalue weighted by molar-refractivity contribution is 5.75. The molecule has 1 aliphatic heterocycles. The van der Waals surface area contributed by atoms with Crippen molar-refractivity contribution in [2.45, 2.75) is 45.6 Å². The van der Waals surface area contributed by atoms with Crippen LogP contribution in [-0.4, -0.2) is 24.7 Å². The second kappa shape index (κ2) is 5.96. The fourth-order valence-electron chi connectivity index (χ4n) is 2.51. The van der Waals surface area contributed by atoms with Gasteiger partial charge in [0.1, 0.15) is 5.60 Å². The van der Waals surface area contributed by atoms with Crippen molar-refractivity contribution >= 4 is 5.97 Å². The minimum absolute atomic E-state index is 0.102. The lowest BCUT2D eigenvalue weighted by Crippen LogP contribution is -2.48. The average molecular weight is 275 g/mol. The van der Waals surface area contributed by atoms with Gasteiger partial charge >= 0.3 is 5.97 Å². The summed E-state index contributed by atoms with van der Waals surface area (Å²) < 4.78 is 5.97. The van der Waals surface area contributed by atoms with E-state index in [0.29, 0.717) is 0 Å². The molecule has 0 atom stereocenters. The Morgan fingerprint density at radius 2 is 1.80 bits per heavy atom. The van der Waals surface area contributed by atoms with Crippen molar-refractivity contribution in [2.75, 3.05) is 13.1 Å². The monoisotopic (exact) mass is 275 g/mol. The third-order valence-electron chi connectivity index (χ3n) is 3.81. The van der Waals surface area contributed by atoms with Crippen molar-refractivity contribution in [3.63, 3.8) is 0 Å². The Kier molecular flexibility index (Phi) is 4.48. The predicted octanol–water partition coefficient (Wildman–Crippen LogP) is 2.94. The summed E-state index contributed by atoms with van der Waals surface area (Å²) in [6.45, 7) is 7.54. The lowest BCUT2D eigenvalue weighted by molar-refractivity contribution is -0.172. The first-order chi connectivity index (χ1) is 9.41. The topological polar surface area (TPSA) is 38.3 Å². The molecule has 1 aromatic rings. The number of piperidine rings is 1. The van der Waals surface area contributed by atoms with E-state index in [-0.39, 0.29) is 11.6 Å². The molecule has 1 saturated heterocycles. The summed E-state index contributed by atoms with van der Waals surface area (Å²) in [6, 6.07) is 10.3. The minimum Gasteiger partial charge on any atom is -0.458 e. The zero-order valence-corrected chi connectivity index (χ0v) is 12.7. The Hall–Kier alpha value is -1.35. The molecule has 0 unspecified atom stereocenters. The number of nitrogens with one attached hydrogen (secondary N) is 1. The van der Waals surface area contributed by atoms with Gasteiger partial charge in [0.15, 0.2) is 0 Å². The van der Waals surface area contributed by atoms with Gasteiger partial charge in [0.25, 0.3) is 0 Å². The maximum atomic E-state index is 12.3. The van der Waals surface area contributed by atoms with Crippen LogP contribution < -0.4 is 5.32 Å². The Bertz CT molecular complexity index is 442. The van der Waals surface area contributed by atoms with Gasteiger partial charge in [0.2, 0.25) is 0 Å². The standard InChI is InChI=1S/C17H25NO2/c1-16(2,3)15(19)20-17(9-11-18-12-10-17)13-14-7-5-4-6-8-14/h4-8,18H,9-13H2,1-3H3. The lowest BCUT2D eigenvalue weighted by Gasteiger charge is -2.39. The van der Waals surface area contributed by atoms with Crippen LogP contribution in [0.25, 0.3) is 0 Å². The Labute approximate surface area is 121 Å². The molecule has 1 aliphatic rings. The van der Waals surface area contributed by atoms with Gasteiger partial charge in [-0.2, -0.15) is 0 Å². The van der Waals surface area contributed by atoms with Gasteiger partial charge in [-0.15, -0.1) is 0 Å². The highest BCUT2D eigenvalue weighted by Gasteiger charge is 2.38. The molecule has 110 valence electrons. The second-order valence-corrected chi connectivity index (χ2v) is 6.73. The first kappa shape index (κ1) is 15.0. The number of hydrogen-bond acceptors (Lipinski definition) is 3. The van der Waals surface area contributed by atoms with Crippen LogP contribution in [0.2, 0.25) is 0 Å². The van der Waals surface area contributed by atoms with Crippen molar-refractivity contribution in [3.8, 4) is 0 Å². The number of esters is 1. The van der Waals surface area contributed by atoms with Gasteiger partial charge in [0, 0.05) is 19.3 Å². The van der Waals surface area contributed by atoms with E-state index in [1.807, 2.05) is 39.0 Å². The molecule has 0 aliphatic carbocycles. The minimum atomic E-state index is -0.450. The molecule has 0 spiro atoms. The van der Waals surface area contributed by atoms with Gasteiger partial charge in [-0.3, -0.25) is 4.79 Å². The second-order valence-electron chi connectivity index (χ2n) is 6.73. The van der Waals surface area contributed by atoms with Gasteiger partial charge < -0.3 is 10.1 Å². The van der Waals surface area contributed by atoms with E-state index in [9.17, 15) is 4.79 Å². The lowest BCUT2D eigenvalue weighted by atomic mass is 9.85. The first-order valence-corrected chi connectivity index (χ1v) is 7.39. The smallest absolute Gasteiger partial charge is 0.311 e. The third kappa shape index (κ3) is 3.83. The Morgan fingerprint density at radius 3 is 2.35 bits per heavy atom. The van der Waals surface area contributed by atoms with Crippen molar-refractivity contribution in [2.24, 2.45) is 5.41 Å². The molecule has 0 radical (unpaired) electrons. The molecule has 0 saturated carbocycles. The van der Waals surface area contributed by atoms with Gasteiger partial charge in [-0.05, 0) is 39.4 Å². The van der Waals surface area contributed by atoms with Crippen LogP contribution in [0.5, 0.6) is 0 Å². The highest BCUT2D eigenvalue weighted by Crippen LogP contribution is 2.31. The summed E-state index contributed by atoms with van der Waals surface area (Å²) in [7, 11) is 0. The van der Waals surface area contributed by atoms with Crippen molar-refractivity contribution in [1.29, 1.82) is 0 Å². The SMILES string of the molecule is CC(C)(C)C(=O)OC1(Cc2ccccc2)CCNCC1. The summed E-state index contributed by atoms with van der Waals surface area (Å²) in [5.41, 5.74) is 0.432. The highest BCUT2D eigenvalue weighted by atomic mass is 16.6. The van der Waals surface area contributed by atoms with Crippen molar-refractivity contribution < 1.29 is 9.53 Å². The maximum Gasteiger partial charge on any atom is 0.311 e. The number of rotatable bonds is 3. The summed E-state index contributed by atoms with van der Waals surface area (Å²) in [4.78, 5) is 12.3. The van der Waals surface area contributed by atoms with E-state index in [1.165, 1.54) is 5.56 Å². The van der Waals surface area contributed by atoms with E-state index in [2.05, 4.69) is 17.4 Å². The van der Waals surface area contributed by atoms with Crippen LogP contribution in [0, 0.1) is 5.41 Å². The maximum absolute atomic E-state index is 12.3. The average Bonchev–Trinajstić information content (AvgIpc) is 2.39. The largest absolute Gasteiger partial charge is 0.458 e. The molecular weight excluding hydrogens is 250 g/mol. The van der Waals surface area contributed by atoms with E-state index in [0.717, 1.165) is 32.4 Å². The molecule has 20 heavy (non-hydrogen) atoms. The molecule has 1 aromatic carbocycles. The first-order valence-electron chi connectivity index (χ1n) is 7.39. The molecule has 1 fully saturated rings. The van der Waals surface area contributed by atoms with Crippen LogP contribution in [0.3, 0.4) is 0 Å². The number of carbonyl (C=O) groups excluding carboxylic acids is 1. The van der Waals surface area contributed by atoms with Crippen LogP contribution in [0.4, 0.5) is 0 Å². The van der Waals surface area contributed by atoms with Gasteiger partial charge in [0.05, 0.1) is 5.41 Å². The van der Waals surface area contributed by atoms with Crippen molar-refractivity contribution in [1.82, 2.24) is 5.32 Å². The molecule has 3 nitrogen and oxygen atoms in total. The molecule has 0 bridgehead atoms. The van der Waals surface area contributed by atoms with Crippen LogP contribution in [0.1, 0.15) is 39.2 Å². The molecule has 1 heterocycles. The van der Waals surface area contributed by atoms with Crippen LogP contribution in [-0.2, 0) is 16.0 Å². The predicted molar refractivity (Wildman–Crippen MR) is 80.5 cm³/mol. The number of benzene rings is 1. The van der Waals surface area contributed by atoms with E-state index in [1.54, 1.807) is 0 Å². The van der Waals surface area contributed by atoms with E-state index < -0.39 is 5.41 Å². The fourth-order valence-corrected chi connectivity index (χ4v) is 2.51. The molecule has 1 N–H and O–H groups in total. The molecular formula is C17H25NO2. The summed E-state index contributed by atoms with van der Waals surface area (Å²) in [6.07, 6.45) is 2.56. The molecule has 0 aromatic heterocycles. The quantitative estimate of drug-likeness (QED) is 0.862. The van der Waals surface area contributed by atoms with E-state index in [4.69, 9.17) is 4.74 Å². The fraction of sp³-hybridized carbons (Fsp3) is 0.588. The number of carbonyl (C=O) groups is 1. The van der Waals surface area contributed by atoms with Gasteiger partial charge in [-0.25, -0.2) is 0 Å². The van der Waals surface area contributed by atoms with Gasteiger partial charge in [-0.1, -0.05) is 30.3 Å². The zero-order valence-electron chi connectivity index (χ0n) is 12.7. The number of ether oxygens (including phenoxy) is 1. The third-order valence-corrected chi connectivity index (χ3v) is 3.81. The molecule has 2 rings (SSSR count).